The minimum absolute atomic E-state index is 0.0691. The summed E-state index contributed by atoms with van der Waals surface area (Å²) in [6, 6.07) is 3.25. The topological polar surface area (TPSA) is 81.2 Å². The zero-order valence-corrected chi connectivity index (χ0v) is 15.0. The summed E-state index contributed by atoms with van der Waals surface area (Å²) < 4.78 is 72.6. The molecule has 0 aliphatic rings. The van der Waals surface area contributed by atoms with E-state index in [0.717, 1.165) is 11.3 Å². The Labute approximate surface area is 159 Å². The number of rotatable bonds is 4. The number of Topliss-reactive ketones (excluding diaryl/α,β-unsaturated/α-hetero) is 1. The average Bonchev–Trinajstić information content (AvgIpc) is 3.08. The second kappa shape index (κ2) is 6.87. The van der Waals surface area contributed by atoms with Crippen LogP contribution in [0.1, 0.15) is 28.7 Å². The number of nitrogens with zero attached hydrogens (tertiary/aromatic N) is 5. The molecule has 7 nitrogen and oxygen atoms in total. The molecule has 0 atom stereocenters. The second-order valence-corrected chi connectivity index (χ2v) is 5.86. The summed E-state index contributed by atoms with van der Waals surface area (Å²) in [6.45, 7) is 4.23. The van der Waals surface area contributed by atoms with Crippen molar-refractivity contribution < 1.29 is 31.5 Å². The number of aromatic nitrogens is 3. The van der Waals surface area contributed by atoms with Crippen molar-refractivity contribution in [3.8, 4) is 0 Å². The molecule has 12 heteroatoms. The number of carbonyl (C=O) groups excluding carboxylic acids is 1. The lowest BCUT2D eigenvalue weighted by molar-refractivity contribution is -0.290. The molecule has 0 unspecified atom stereocenters. The Hall–Kier alpha value is -3.44. The van der Waals surface area contributed by atoms with E-state index in [1.54, 1.807) is 0 Å². The SMILES string of the molecule is C=N/N=C(\OC)c1cn2c(ccc3c(C(C)=O)cc(C(F)(F)C(F)(F)F)nc32)n1. The van der Waals surface area contributed by atoms with E-state index in [4.69, 9.17) is 4.74 Å². The molecule has 3 heterocycles. The Balaban J connectivity index is 2.40. The first-order chi connectivity index (χ1) is 13.5. The molecule has 3 rings (SSSR count). The van der Waals surface area contributed by atoms with E-state index < -0.39 is 23.6 Å². The first-order valence-corrected chi connectivity index (χ1v) is 7.88. The summed E-state index contributed by atoms with van der Waals surface area (Å²) in [5.41, 5.74) is -1.99. The Morgan fingerprint density at radius 3 is 2.45 bits per heavy atom. The van der Waals surface area contributed by atoms with Gasteiger partial charge in [0.25, 0.3) is 5.90 Å². The molecule has 0 spiro atoms. The molecular weight excluding hydrogens is 401 g/mol. The molecule has 0 amide bonds. The normalized spacial score (nSPS) is 13.1. The summed E-state index contributed by atoms with van der Waals surface area (Å²) in [7, 11) is 1.28. The van der Waals surface area contributed by atoms with Gasteiger partial charge in [0.15, 0.2) is 5.78 Å². The maximum Gasteiger partial charge on any atom is 0.459 e. The van der Waals surface area contributed by atoms with Crippen LogP contribution in [-0.4, -0.2) is 46.1 Å². The van der Waals surface area contributed by atoms with Crippen molar-refractivity contribution >= 4 is 35.1 Å². The number of pyridine rings is 2. The molecule has 3 aromatic rings. The van der Waals surface area contributed by atoms with Crippen LogP contribution >= 0.6 is 0 Å². The van der Waals surface area contributed by atoms with Crippen LogP contribution in [0, 0.1) is 0 Å². The van der Waals surface area contributed by atoms with Crippen molar-refractivity contribution in [2.24, 2.45) is 10.2 Å². The average molecular weight is 413 g/mol. The number of alkyl halides is 5. The predicted molar refractivity (Wildman–Crippen MR) is 93.5 cm³/mol. The molecule has 0 N–H and O–H groups in total. The molecule has 29 heavy (non-hydrogen) atoms. The van der Waals surface area contributed by atoms with Gasteiger partial charge in [-0.2, -0.15) is 27.1 Å². The number of carbonyl (C=O) groups is 1. The highest BCUT2D eigenvalue weighted by Crippen LogP contribution is 2.43. The van der Waals surface area contributed by atoms with Gasteiger partial charge in [-0.1, -0.05) is 0 Å². The molecule has 0 aromatic carbocycles. The summed E-state index contributed by atoms with van der Waals surface area (Å²) >= 11 is 0. The van der Waals surface area contributed by atoms with Gasteiger partial charge in [0.2, 0.25) is 0 Å². The van der Waals surface area contributed by atoms with Gasteiger partial charge in [-0.05, 0) is 25.1 Å². The zero-order valence-electron chi connectivity index (χ0n) is 15.0. The fourth-order valence-corrected chi connectivity index (χ4v) is 2.69. The van der Waals surface area contributed by atoms with Crippen LogP contribution in [0.3, 0.4) is 0 Å². The predicted octanol–water partition coefficient (Wildman–Crippen LogP) is 3.75. The summed E-state index contributed by atoms with van der Waals surface area (Å²) in [5, 5.41) is 7.00. The van der Waals surface area contributed by atoms with Gasteiger partial charge in [-0.3, -0.25) is 9.20 Å². The quantitative estimate of drug-likeness (QED) is 0.215. The number of hydrogen-bond acceptors (Lipinski definition) is 6. The first kappa shape index (κ1) is 20.3. The van der Waals surface area contributed by atoms with E-state index in [2.05, 4.69) is 26.9 Å². The third kappa shape index (κ3) is 3.30. The van der Waals surface area contributed by atoms with Crippen molar-refractivity contribution in [3.63, 3.8) is 0 Å². The lowest BCUT2D eigenvalue weighted by Crippen LogP contribution is -2.34. The monoisotopic (exact) mass is 413 g/mol. The minimum Gasteiger partial charge on any atom is -0.478 e. The molecular formula is C17H12F5N5O2. The van der Waals surface area contributed by atoms with Crippen LogP contribution < -0.4 is 0 Å². The maximum atomic E-state index is 13.9. The number of hydrogen-bond donors (Lipinski definition) is 0. The Morgan fingerprint density at radius 1 is 1.21 bits per heavy atom. The van der Waals surface area contributed by atoms with Gasteiger partial charge < -0.3 is 4.74 Å². The molecule has 0 aliphatic carbocycles. The van der Waals surface area contributed by atoms with Crippen LogP contribution in [0.15, 0.2) is 34.6 Å². The van der Waals surface area contributed by atoms with Gasteiger partial charge in [0, 0.05) is 23.9 Å². The molecule has 0 saturated carbocycles. The molecule has 0 radical (unpaired) electrons. The van der Waals surface area contributed by atoms with Crippen molar-refractivity contribution in [1.82, 2.24) is 14.4 Å². The van der Waals surface area contributed by atoms with Crippen LogP contribution in [-0.2, 0) is 10.7 Å². The number of fused-ring (bicyclic) bond motifs is 3. The van der Waals surface area contributed by atoms with Gasteiger partial charge in [0.1, 0.15) is 22.7 Å². The molecule has 0 bridgehead atoms. The highest BCUT2D eigenvalue weighted by molar-refractivity contribution is 6.06. The molecule has 0 saturated heterocycles. The van der Waals surface area contributed by atoms with Crippen molar-refractivity contribution in [3.05, 3.63) is 41.3 Å². The van der Waals surface area contributed by atoms with E-state index in [1.807, 2.05) is 0 Å². The van der Waals surface area contributed by atoms with Gasteiger partial charge in [-0.15, -0.1) is 5.10 Å². The smallest absolute Gasteiger partial charge is 0.459 e. The minimum atomic E-state index is -5.89. The van der Waals surface area contributed by atoms with Crippen LogP contribution in [0.5, 0.6) is 0 Å². The maximum absolute atomic E-state index is 13.9. The van der Waals surface area contributed by atoms with Gasteiger partial charge in [-0.25, -0.2) is 9.97 Å². The van der Waals surface area contributed by atoms with Crippen LogP contribution in [0.4, 0.5) is 22.0 Å². The first-order valence-electron chi connectivity index (χ1n) is 7.88. The van der Waals surface area contributed by atoms with Crippen LogP contribution in [0.2, 0.25) is 0 Å². The lowest BCUT2D eigenvalue weighted by atomic mass is 10.0. The van der Waals surface area contributed by atoms with E-state index in [0.29, 0.717) is 6.07 Å². The summed E-state index contributed by atoms with van der Waals surface area (Å²) in [6.07, 6.45) is -4.63. The molecule has 3 aromatic heterocycles. The molecule has 0 fully saturated rings. The zero-order chi connectivity index (χ0) is 21.6. The van der Waals surface area contributed by atoms with Gasteiger partial charge >= 0.3 is 12.1 Å². The Bertz CT molecular complexity index is 1170. The second-order valence-electron chi connectivity index (χ2n) is 5.86. The largest absolute Gasteiger partial charge is 0.478 e. The highest BCUT2D eigenvalue weighted by atomic mass is 19.4. The summed E-state index contributed by atoms with van der Waals surface area (Å²) in [4.78, 5) is 19.6. The van der Waals surface area contributed by atoms with E-state index >= 15 is 0 Å². The fourth-order valence-electron chi connectivity index (χ4n) is 2.69. The number of ether oxygens (including phenoxy) is 1. The number of ketones is 1. The van der Waals surface area contributed by atoms with Crippen LogP contribution in [0.25, 0.3) is 16.7 Å². The molecule has 0 aliphatic heterocycles. The standard InChI is InChI=1S/C17H12F5N5O2/c1-8(28)10-6-12(16(18,19)17(20,21)22)25-14-9(10)4-5-13-24-11(7-27(13)14)15(29-3)26-23-2/h4-7H,2H2,1,3H3/b26-15-. The Morgan fingerprint density at radius 2 is 1.90 bits per heavy atom. The van der Waals surface area contributed by atoms with E-state index in [9.17, 15) is 26.7 Å². The summed E-state index contributed by atoms with van der Waals surface area (Å²) in [5.74, 6) is -6.03. The number of halogens is 5. The van der Waals surface area contributed by atoms with E-state index in [-0.39, 0.29) is 33.8 Å². The van der Waals surface area contributed by atoms with Crippen molar-refractivity contribution in [1.29, 1.82) is 0 Å². The number of methoxy groups -OCH3 is 1. The van der Waals surface area contributed by atoms with Crippen molar-refractivity contribution in [2.45, 2.75) is 19.0 Å². The number of imidazole rings is 1. The lowest BCUT2D eigenvalue weighted by Gasteiger charge is -2.20. The molecule has 152 valence electrons. The third-order valence-electron chi connectivity index (χ3n) is 4.03. The Kier molecular flexibility index (Phi) is 4.81. The third-order valence-corrected chi connectivity index (χ3v) is 4.03. The fraction of sp³-hybridized carbons (Fsp3) is 0.235. The van der Waals surface area contributed by atoms with Crippen molar-refractivity contribution in [2.75, 3.05) is 7.11 Å². The van der Waals surface area contributed by atoms with Gasteiger partial charge in [0.05, 0.1) is 7.11 Å². The van der Waals surface area contributed by atoms with E-state index in [1.165, 1.54) is 25.4 Å². The highest BCUT2D eigenvalue weighted by Gasteiger charge is 2.60.